The molecule has 4 heteroatoms. The van der Waals surface area contributed by atoms with Crippen molar-refractivity contribution >= 4 is 34.0 Å². The van der Waals surface area contributed by atoms with Gasteiger partial charge < -0.3 is 4.57 Å². The number of imidazole rings is 1. The molecule has 0 aliphatic heterocycles. The maximum Gasteiger partial charge on any atom is 0.111 e. The summed E-state index contributed by atoms with van der Waals surface area (Å²) in [6.07, 6.45) is 1.86. The van der Waals surface area contributed by atoms with Crippen molar-refractivity contribution in [2.75, 3.05) is 5.88 Å². The first kappa shape index (κ1) is 13.7. The Bertz CT molecular complexity index is 701. The van der Waals surface area contributed by atoms with E-state index in [-0.39, 0.29) is 0 Å². The Morgan fingerprint density at radius 3 is 2.90 bits per heavy atom. The summed E-state index contributed by atoms with van der Waals surface area (Å²) in [7, 11) is 0. The fourth-order valence-electron chi connectivity index (χ4n) is 2.54. The molecule has 0 bridgehead atoms. The molecule has 104 valence electrons. The van der Waals surface area contributed by atoms with Crippen molar-refractivity contribution in [1.82, 2.24) is 9.55 Å². The number of halogens is 1. The second-order valence-corrected chi connectivity index (χ2v) is 6.10. The van der Waals surface area contributed by atoms with Gasteiger partial charge in [0.1, 0.15) is 5.82 Å². The van der Waals surface area contributed by atoms with E-state index in [1.165, 1.54) is 16.6 Å². The molecule has 3 rings (SSSR count). The van der Waals surface area contributed by atoms with E-state index in [0.29, 0.717) is 5.88 Å². The van der Waals surface area contributed by atoms with Gasteiger partial charge in [-0.25, -0.2) is 4.98 Å². The summed E-state index contributed by atoms with van der Waals surface area (Å²) in [5, 5.41) is 4.34. The van der Waals surface area contributed by atoms with Gasteiger partial charge >= 0.3 is 0 Å². The molecule has 0 radical (unpaired) electrons. The second kappa shape index (κ2) is 5.98. The van der Waals surface area contributed by atoms with Gasteiger partial charge in [0.05, 0.1) is 11.0 Å². The summed E-state index contributed by atoms with van der Waals surface area (Å²) < 4.78 is 2.32. The van der Waals surface area contributed by atoms with Crippen LogP contribution < -0.4 is 0 Å². The van der Waals surface area contributed by atoms with Gasteiger partial charge in [-0.1, -0.05) is 12.1 Å². The van der Waals surface area contributed by atoms with Gasteiger partial charge in [-0.2, -0.15) is 11.3 Å². The van der Waals surface area contributed by atoms with Crippen LogP contribution in [0.2, 0.25) is 0 Å². The first-order valence-electron chi connectivity index (χ1n) is 6.81. The molecule has 3 aromatic rings. The maximum atomic E-state index is 5.92. The van der Waals surface area contributed by atoms with Crippen molar-refractivity contribution in [3.63, 3.8) is 0 Å². The lowest BCUT2D eigenvalue weighted by Crippen LogP contribution is -2.06. The Morgan fingerprint density at radius 2 is 2.15 bits per heavy atom. The molecule has 20 heavy (non-hydrogen) atoms. The molecule has 0 spiro atoms. The Kier molecular flexibility index (Phi) is 4.08. The van der Waals surface area contributed by atoms with Crippen molar-refractivity contribution < 1.29 is 0 Å². The number of thiophene rings is 1. The number of rotatable bonds is 5. The lowest BCUT2D eigenvalue weighted by molar-refractivity contribution is 0.676. The number of hydrogen-bond donors (Lipinski definition) is 0. The number of hydrogen-bond acceptors (Lipinski definition) is 2. The van der Waals surface area contributed by atoms with Crippen LogP contribution in [0.25, 0.3) is 11.0 Å². The third-order valence-electron chi connectivity index (χ3n) is 3.58. The SMILES string of the molecule is Cc1cccc2c1nc(CCCl)n2CCc1ccsc1. The minimum atomic E-state index is 0.612. The zero-order chi connectivity index (χ0) is 13.9. The minimum absolute atomic E-state index is 0.612. The first-order chi connectivity index (χ1) is 9.79. The number of aryl methyl sites for hydroxylation is 4. The van der Waals surface area contributed by atoms with E-state index in [9.17, 15) is 0 Å². The standard InChI is InChI=1S/C16H17ClN2S/c1-12-3-2-4-14-16(12)18-15(5-8-17)19(14)9-6-13-7-10-20-11-13/h2-4,7,10-11H,5-6,8-9H2,1H3. The molecule has 1 aromatic carbocycles. The first-order valence-corrected chi connectivity index (χ1v) is 8.29. The minimum Gasteiger partial charge on any atom is -0.328 e. The summed E-state index contributed by atoms with van der Waals surface area (Å²) in [5.74, 6) is 1.71. The molecule has 0 amide bonds. The molecule has 2 aromatic heterocycles. The molecule has 0 aliphatic carbocycles. The smallest absolute Gasteiger partial charge is 0.111 e. The summed E-state index contributed by atoms with van der Waals surface area (Å²) in [4.78, 5) is 4.78. The van der Waals surface area contributed by atoms with Crippen LogP contribution in [0.4, 0.5) is 0 Å². The molecule has 0 saturated carbocycles. The molecule has 0 fully saturated rings. The van der Waals surface area contributed by atoms with Gasteiger partial charge in [-0.3, -0.25) is 0 Å². The quantitative estimate of drug-likeness (QED) is 0.638. The van der Waals surface area contributed by atoms with E-state index in [2.05, 4.69) is 46.5 Å². The van der Waals surface area contributed by atoms with E-state index in [0.717, 1.165) is 30.7 Å². The lowest BCUT2D eigenvalue weighted by Gasteiger charge is -2.08. The van der Waals surface area contributed by atoms with Crippen molar-refractivity contribution in [3.05, 3.63) is 52.0 Å². The van der Waals surface area contributed by atoms with Crippen LogP contribution in [0, 0.1) is 6.92 Å². The zero-order valence-corrected chi connectivity index (χ0v) is 13.0. The fraction of sp³-hybridized carbons (Fsp3) is 0.312. The van der Waals surface area contributed by atoms with Crippen LogP contribution in [-0.4, -0.2) is 15.4 Å². The van der Waals surface area contributed by atoms with Crippen LogP contribution in [-0.2, 0) is 19.4 Å². The highest BCUT2D eigenvalue weighted by Gasteiger charge is 2.11. The third-order valence-corrected chi connectivity index (χ3v) is 4.50. The van der Waals surface area contributed by atoms with E-state index in [1.54, 1.807) is 11.3 Å². The van der Waals surface area contributed by atoms with Crippen molar-refractivity contribution in [1.29, 1.82) is 0 Å². The molecule has 0 aliphatic rings. The Labute approximate surface area is 128 Å². The molecule has 2 heterocycles. The average molecular weight is 305 g/mol. The van der Waals surface area contributed by atoms with Crippen LogP contribution in [0.1, 0.15) is 17.0 Å². The summed E-state index contributed by atoms with van der Waals surface area (Å²) >= 11 is 7.67. The Hall–Kier alpha value is -1.32. The predicted octanol–water partition coefficient (Wildman–Crippen LogP) is 4.43. The molecule has 0 atom stereocenters. The van der Waals surface area contributed by atoms with Gasteiger partial charge in [0.2, 0.25) is 0 Å². The number of benzene rings is 1. The van der Waals surface area contributed by atoms with Crippen LogP contribution in [0.5, 0.6) is 0 Å². The van der Waals surface area contributed by atoms with Crippen LogP contribution in [0.3, 0.4) is 0 Å². The zero-order valence-electron chi connectivity index (χ0n) is 11.5. The molecular weight excluding hydrogens is 288 g/mol. The number of para-hydroxylation sites is 1. The van der Waals surface area contributed by atoms with Crippen molar-refractivity contribution in [3.8, 4) is 0 Å². The van der Waals surface area contributed by atoms with Crippen LogP contribution >= 0.6 is 22.9 Å². The number of aromatic nitrogens is 2. The molecule has 0 unspecified atom stereocenters. The second-order valence-electron chi connectivity index (χ2n) is 4.94. The highest BCUT2D eigenvalue weighted by atomic mass is 35.5. The monoisotopic (exact) mass is 304 g/mol. The van der Waals surface area contributed by atoms with E-state index >= 15 is 0 Å². The normalized spacial score (nSPS) is 11.3. The van der Waals surface area contributed by atoms with E-state index in [4.69, 9.17) is 16.6 Å². The maximum absolute atomic E-state index is 5.92. The average Bonchev–Trinajstić information content (AvgIpc) is 3.05. The van der Waals surface area contributed by atoms with Crippen molar-refractivity contribution in [2.24, 2.45) is 0 Å². The summed E-state index contributed by atoms with van der Waals surface area (Å²) in [6, 6.07) is 8.56. The molecule has 2 nitrogen and oxygen atoms in total. The van der Waals surface area contributed by atoms with Gasteiger partial charge in [-0.05, 0) is 47.4 Å². The lowest BCUT2D eigenvalue weighted by atomic mass is 10.2. The van der Waals surface area contributed by atoms with Gasteiger partial charge in [-0.15, -0.1) is 11.6 Å². The van der Waals surface area contributed by atoms with Crippen LogP contribution in [0.15, 0.2) is 35.0 Å². The summed E-state index contributed by atoms with van der Waals surface area (Å²) in [6.45, 7) is 3.08. The van der Waals surface area contributed by atoms with Gasteiger partial charge in [0.25, 0.3) is 0 Å². The highest BCUT2D eigenvalue weighted by Crippen LogP contribution is 2.21. The highest BCUT2D eigenvalue weighted by molar-refractivity contribution is 7.07. The van der Waals surface area contributed by atoms with E-state index in [1.807, 2.05) is 0 Å². The number of nitrogens with zero attached hydrogens (tertiary/aromatic N) is 2. The molecule has 0 saturated heterocycles. The van der Waals surface area contributed by atoms with Crippen molar-refractivity contribution in [2.45, 2.75) is 26.3 Å². The topological polar surface area (TPSA) is 17.8 Å². The number of fused-ring (bicyclic) bond motifs is 1. The number of alkyl halides is 1. The van der Waals surface area contributed by atoms with Gasteiger partial charge in [0, 0.05) is 18.8 Å². The third kappa shape index (κ3) is 2.60. The predicted molar refractivity (Wildman–Crippen MR) is 86.9 cm³/mol. The Balaban J connectivity index is 1.98. The van der Waals surface area contributed by atoms with E-state index < -0.39 is 0 Å². The summed E-state index contributed by atoms with van der Waals surface area (Å²) in [5.41, 5.74) is 4.95. The van der Waals surface area contributed by atoms with Gasteiger partial charge in [0.15, 0.2) is 0 Å². The Morgan fingerprint density at radius 1 is 1.25 bits per heavy atom. The largest absolute Gasteiger partial charge is 0.328 e. The fourth-order valence-corrected chi connectivity index (χ4v) is 3.41. The molecular formula is C16H17ClN2S. The molecule has 0 N–H and O–H groups in total.